The van der Waals surface area contributed by atoms with Crippen LogP contribution in [0.4, 0.5) is 17.6 Å². The lowest BCUT2D eigenvalue weighted by Gasteiger charge is -2.07. The molecular weight excluding hydrogens is 228 g/mol. The second-order valence-corrected chi connectivity index (χ2v) is 2.94. The first kappa shape index (κ1) is 10.6. The summed E-state index contributed by atoms with van der Waals surface area (Å²) in [6.07, 6.45) is -3.63. The van der Waals surface area contributed by atoms with E-state index in [0.29, 0.717) is 18.2 Å². The molecule has 3 nitrogen and oxygen atoms in total. The Bertz CT molecular complexity index is 493. The third kappa shape index (κ3) is 1.88. The monoisotopic (exact) mass is 232 g/mol. The minimum absolute atomic E-state index is 0.288. The van der Waals surface area contributed by atoms with Crippen molar-refractivity contribution in [2.45, 2.75) is 6.18 Å². The molecule has 0 bridgehead atoms. The molecule has 0 fully saturated rings. The topological polar surface area (TPSA) is 38.9 Å². The lowest BCUT2D eigenvalue weighted by molar-refractivity contribution is -0.137. The minimum atomic E-state index is -4.54. The van der Waals surface area contributed by atoms with E-state index in [1.807, 2.05) is 0 Å². The van der Waals surface area contributed by atoms with Crippen molar-refractivity contribution in [3.63, 3.8) is 0 Å². The summed E-state index contributed by atoms with van der Waals surface area (Å²) in [5.41, 5.74) is -1.34. The van der Waals surface area contributed by atoms with Crippen LogP contribution in [0, 0.1) is 5.82 Å². The maximum Gasteiger partial charge on any atom is 0.416 e. The van der Waals surface area contributed by atoms with Crippen LogP contribution in [0.3, 0.4) is 0 Å². The summed E-state index contributed by atoms with van der Waals surface area (Å²) in [4.78, 5) is 0. The van der Waals surface area contributed by atoms with Crippen LogP contribution >= 0.6 is 0 Å². The van der Waals surface area contributed by atoms with Gasteiger partial charge in [0.15, 0.2) is 0 Å². The first-order valence-corrected chi connectivity index (χ1v) is 4.12. The largest absolute Gasteiger partial charge is 0.423 e. The number of benzene rings is 1. The Morgan fingerprint density at radius 3 is 2.50 bits per heavy atom. The first-order valence-electron chi connectivity index (χ1n) is 4.12. The molecule has 1 aromatic heterocycles. The van der Waals surface area contributed by atoms with Gasteiger partial charge in [0.1, 0.15) is 5.82 Å². The van der Waals surface area contributed by atoms with Crippen LogP contribution in [0.5, 0.6) is 0 Å². The fraction of sp³-hybridized carbons (Fsp3) is 0.111. The van der Waals surface area contributed by atoms with Gasteiger partial charge in [-0.15, -0.1) is 10.2 Å². The fourth-order valence-corrected chi connectivity index (χ4v) is 1.16. The van der Waals surface area contributed by atoms with Gasteiger partial charge in [-0.25, -0.2) is 4.39 Å². The van der Waals surface area contributed by atoms with Crippen LogP contribution in [-0.4, -0.2) is 10.2 Å². The van der Waals surface area contributed by atoms with Crippen molar-refractivity contribution in [3.05, 3.63) is 36.0 Å². The van der Waals surface area contributed by atoms with E-state index in [1.165, 1.54) is 0 Å². The fourth-order valence-electron chi connectivity index (χ4n) is 1.16. The summed E-state index contributed by atoms with van der Waals surface area (Å²) < 4.78 is 54.9. The SMILES string of the molecule is Fc1ccc(C(F)(F)F)cc1-c1nnco1. The lowest BCUT2D eigenvalue weighted by atomic mass is 10.1. The van der Waals surface area contributed by atoms with Gasteiger partial charge in [0.2, 0.25) is 12.3 Å². The summed E-state index contributed by atoms with van der Waals surface area (Å²) in [5, 5.41) is 6.61. The molecule has 0 aliphatic carbocycles. The van der Waals surface area contributed by atoms with Crippen LogP contribution in [0.25, 0.3) is 11.5 Å². The highest BCUT2D eigenvalue weighted by atomic mass is 19.4. The molecular formula is C9H4F4N2O. The number of hydrogen-bond donors (Lipinski definition) is 0. The molecule has 0 aliphatic rings. The standard InChI is InChI=1S/C9H4F4N2O/c10-7-2-1-5(9(11,12)13)3-6(7)8-15-14-4-16-8/h1-4H. The summed E-state index contributed by atoms with van der Waals surface area (Å²) in [6.45, 7) is 0. The van der Waals surface area contributed by atoms with Crippen LogP contribution in [0.2, 0.25) is 0 Å². The molecule has 16 heavy (non-hydrogen) atoms. The average Bonchev–Trinajstić information content (AvgIpc) is 2.69. The van der Waals surface area contributed by atoms with Gasteiger partial charge in [0.25, 0.3) is 0 Å². The molecule has 0 saturated carbocycles. The Hall–Kier alpha value is -1.92. The summed E-state index contributed by atoms with van der Waals surface area (Å²) in [7, 11) is 0. The van der Waals surface area contributed by atoms with E-state index in [9.17, 15) is 17.6 Å². The molecule has 0 amide bonds. The lowest BCUT2D eigenvalue weighted by Crippen LogP contribution is -2.05. The number of rotatable bonds is 1. The van der Waals surface area contributed by atoms with E-state index in [-0.39, 0.29) is 11.5 Å². The molecule has 1 aromatic carbocycles. The van der Waals surface area contributed by atoms with Gasteiger partial charge >= 0.3 is 6.18 Å². The van der Waals surface area contributed by atoms with Crippen molar-refractivity contribution in [2.24, 2.45) is 0 Å². The van der Waals surface area contributed by atoms with Gasteiger partial charge in [-0.05, 0) is 18.2 Å². The van der Waals surface area contributed by atoms with Gasteiger partial charge in [0, 0.05) is 0 Å². The van der Waals surface area contributed by atoms with Crippen LogP contribution < -0.4 is 0 Å². The highest BCUT2D eigenvalue weighted by Gasteiger charge is 2.31. The average molecular weight is 232 g/mol. The van der Waals surface area contributed by atoms with Gasteiger partial charge < -0.3 is 4.42 Å². The van der Waals surface area contributed by atoms with E-state index in [4.69, 9.17) is 0 Å². The maximum atomic E-state index is 13.2. The zero-order valence-electron chi connectivity index (χ0n) is 7.62. The van der Waals surface area contributed by atoms with Crippen LogP contribution in [0.15, 0.2) is 29.0 Å². The normalized spacial score (nSPS) is 11.8. The van der Waals surface area contributed by atoms with Gasteiger partial charge in [0.05, 0.1) is 11.1 Å². The molecule has 2 rings (SSSR count). The molecule has 84 valence electrons. The van der Waals surface area contributed by atoms with E-state index in [0.717, 1.165) is 6.39 Å². The molecule has 0 atom stereocenters. The first-order chi connectivity index (χ1) is 7.48. The Morgan fingerprint density at radius 2 is 1.94 bits per heavy atom. The van der Waals surface area contributed by atoms with E-state index in [2.05, 4.69) is 14.6 Å². The van der Waals surface area contributed by atoms with Crippen molar-refractivity contribution in [1.82, 2.24) is 10.2 Å². The maximum absolute atomic E-state index is 13.2. The predicted molar refractivity (Wildman–Crippen MR) is 44.7 cm³/mol. The Balaban J connectivity index is 2.54. The van der Waals surface area contributed by atoms with Gasteiger partial charge in [-0.3, -0.25) is 0 Å². The third-order valence-corrected chi connectivity index (χ3v) is 1.88. The van der Waals surface area contributed by atoms with Gasteiger partial charge in [-0.2, -0.15) is 13.2 Å². The van der Waals surface area contributed by atoms with Crippen molar-refractivity contribution in [3.8, 4) is 11.5 Å². The molecule has 0 aliphatic heterocycles. The van der Waals surface area contributed by atoms with E-state index >= 15 is 0 Å². The number of aromatic nitrogens is 2. The summed E-state index contributed by atoms with van der Waals surface area (Å²) in [6, 6.07) is 1.99. The van der Waals surface area contributed by atoms with Crippen molar-refractivity contribution >= 4 is 0 Å². The number of nitrogens with zero attached hydrogens (tertiary/aromatic N) is 2. The number of hydrogen-bond acceptors (Lipinski definition) is 3. The Labute approximate surface area is 86.7 Å². The molecule has 0 spiro atoms. The number of halogens is 4. The molecule has 7 heteroatoms. The summed E-state index contributed by atoms with van der Waals surface area (Å²) in [5.74, 6) is -1.14. The second kappa shape index (κ2) is 3.58. The van der Waals surface area contributed by atoms with Crippen molar-refractivity contribution < 1.29 is 22.0 Å². The highest BCUT2D eigenvalue weighted by molar-refractivity contribution is 5.55. The van der Waals surface area contributed by atoms with Gasteiger partial charge in [-0.1, -0.05) is 0 Å². The van der Waals surface area contributed by atoms with Crippen LogP contribution in [0.1, 0.15) is 5.56 Å². The highest BCUT2D eigenvalue weighted by Crippen LogP contribution is 2.32. The molecule has 0 N–H and O–H groups in total. The minimum Gasteiger partial charge on any atom is -0.423 e. The third-order valence-electron chi connectivity index (χ3n) is 1.88. The molecule has 2 aromatic rings. The molecule has 1 heterocycles. The van der Waals surface area contributed by atoms with Crippen LogP contribution in [-0.2, 0) is 6.18 Å². The zero-order valence-corrected chi connectivity index (χ0v) is 7.62. The summed E-state index contributed by atoms with van der Waals surface area (Å²) >= 11 is 0. The zero-order chi connectivity index (χ0) is 11.8. The predicted octanol–water partition coefficient (Wildman–Crippen LogP) is 2.89. The second-order valence-electron chi connectivity index (χ2n) is 2.94. The van der Waals surface area contributed by atoms with Crippen molar-refractivity contribution in [2.75, 3.05) is 0 Å². The van der Waals surface area contributed by atoms with E-state index in [1.54, 1.807) is 0 Å². The molecule has 0 saturated heterocycles. The quantitative estimate of drug-likeness (QED) is 0.709. The van der Waals surface area contributed by atoms with Crippen molar-refractivity contribution in [1.29, 1.82) is 0 Å². The Morgan fingerprint density at radius 1 is 1.19 bits per heavy atom. The smallest absolute Gasteiger partial charge is 0.416 e. The molecule has 0 radical (unpaired) electrons. The Kier molecular flexibility index (Phi) is 2.37. The molecule has 0 unspecified atom stereocenters. The number of alkyl halides is 3. The van der Waals surface area contributed by atoms with E-state index < -0.39 is 17.6 Å².